The van der Waals surface area contributed by atoms with Gasteiger partial charge in [0.05, 0.1) is 17.8 Å². The van der Waals surface area contributed by atoms with Crippen molar-refractivity contribution < 1.29 is 9.90 Å². The lowest BCUT2D eigenvalue weighted by Gasteiger charge is -2.09. The number of carboxylic acids is 1. The van der Waals surface area contributed by atoms with Crippen LogP contribution in [0.5, 0.6) is 0 Å². The summed E-state index contributed by atoms with van der Waals surface area (Å²) in [6.45, 7) is 3.84. The third-order valence-electron chi connectivity index (χ3n) is 1.70. The van der Waals surface area contributed by atoms with Gasteiger partial charge in [-0.2, -0.15) is 0 Å². The average molecular weight is 291 g/mol. The lowest BCUT2D eigenvalue weighted by Crippen LogP contribution is -2.08. The molecule has 15 heavy (non-hydrogen) atoms. The van der Waals surface area contributed by atoms with Crippen LogP contribution < -0.4 is 5.32 Å². The Labute approximate surface area is 101 Å². The van der Waals surface area contributed by atoms with Crippen LogP contribution in [0.25, 0.3) is 0 Å². The van der Waals surface area contributed by atoms with E-state index in [1.165, 1.54) is 0 Å². The molecule has 0 aromatic heterocycles. The van der Waals surface area contributed by atoms with Crippen molar-refractivity contribution in [3.63, 3.8) is 0 Å². The molecule has 1 rings (SSSR count). The molecular weight excluding hydrogens is 281 g/mol. The topological polar surface area (TPSA) is 49.3 Å². The number of halogens is 2. The predicted octanol–water partition coefficient (Wildman–Crippen LogP) is 3.31. The molecule has 80 valence electrons. The highest BCUT2D eigenvalue weighted by atomic mass is 79.9. The highest BCUT2D eigenvalue weighted by Gasteiger charge is 2.13. The van der Waals surface area contributed by atoms with Crippen LogP contribution in [0, 0.1) is 0 Å². The van der Waals surface area contributed by atoms with Crippen molar-refractivity contribution in [2.75, 3.05) is 11.9 Å². The van der Waals surface area contributed by atoms with E-state index in [0.717, 1.165) is 0 Å². The van der Waals surface area contributed by atoms with Gasteiger partial charge < -0.3 is 10.4 Å². The third kappa shape index (κ3) is 3.25. The monoisotopic (exact) mass is 289 g/mol. The summed E-state index contributed by atoms with van der Waals surface area (Å²) >= 11 is 8.76. The van der Waals surface area contributed by atoms with Crippen molar-refractivity contribution in [2.24, 2.45) is 0 Å². The van der Waals surface area contributed by atoms with Crippen molar-refractivity contribution in [1.29, 1.82) is 0 Å². The van der Waals surface area contributed by atoms with Crippen LogP contribution in [0.3, 0.4) is 0 Å². The summed E-state index contributed by atoms with van der Waals surface area (Å²) in [5, 5.41) is 12.3. The summed E-state index contributed by atoms with van der Waals surface area (Å²) in [4.78, 5) is 11.0. The number of carbonyl (C=O) groups is 1. The molecule has 0 aliphatic heterocycles. The molecule has 0 heterocycles. The van der Waals surface area contributed by atoms with E-state index in [2.05, 4.69) is 27.8 Å². The van der Waals surface area contributed by atoms with Gasteiger partial charge in [-0.3, -0.25) is 0 Å². The molecule has 0 bridgehead atoms. The van der Waals surface area contributed by atoms with Crippen molar-refractivity contribution in [2.45, 2.75) is 0 Å². The Kier molecular flexibility index (Phi) is 4.17. The average Bonchev–Trinajstić information content (AvgIpc) is 2.13. The van der Waals surface area contributed by atoms with Crippen LogP contribution >= 0.6 is 27.5 Å². The number of carboxylic acid groups (broad SMARTS) is 1. The molecule has 0 amide bonds. The first-order valence-corrected chi connectivity index (χ1v) is 5.28. The fraction of sp³-hybridized carbons (Fsp3) is 0.100. The van der Waals surface area contributed by atoms with Gasteiger partial charge in [-0.25, -0.2) is 4.79 Å². The van der Waals surface area contributed by atoms with Gasteiger partial charge in [0, 0.05) is 9.51 Å². The van der Waals surface area contributed by atoms with Gasteiger partial charge in [0.1, 0.15) is 0 Å². The Morgan fingerprint density at radius 1 is 1.60 bits per heavy atom. The molecule has 0 unspecified atom stereocenters. The van der Waals surface area contributed by atoms with E-state index in [9.17, 15) is 4.79 Å². The quantitative estimate of drug-likeness (QED) is 0.894. The van der Waals surface area contributed by atoms with Gasteiger partial charge in [-0.15, -0.1) is 0 Å². The van der Waals surface area contributed by atoms with Crippen molar-refractivity contribution >= 4 is 39.2 Å². The predicted molar refractivity (Wildman–Crippen MR) is 64.6 cm³/mol. The zero-order valence-corrected chi connectivity index (χ0v) is 10.1. The van der Waals surface area contributed by atoms with Crippen LogP contribution in [0.4, 0.5) is 5.69 Å². The fourth-order valence-corrected chi connectivity index (χ4v) is 1.68. The minimum absolute atomic E-state index is 0.190. The molecule has 0 saturated carbocycles. The molecule has 0 radical (unpaired) electrons. The first-order chi connectivity index (χ1) is 7.02. The molecule has 0 aliphatic carbocycles. The Morgan fingerprint density at radius 2 is 2.27 bits per heavy atom. The zero-order valence-electron chi connectivity index (χ0n) is 7.76. The van der Waals surface area contributed by atoms with E-state index in [0.29, 0.717) is 21.7 Å². The second-order valence-corrected chi connectivity index (χ2v) is 4.23. The largest absolute Gasteiger partial charge is 0.478 e. The van der Waals surface area contributed by atoms with Crippen LogP contribution in [0.2, 0.25) is 0 Å². The van der Waals surface area contributed by atoms with E-state index in [1.807, 2.05) is 0 Å². The lowest BCUT2D eigenvalue weighted by molar-refractivity contribution is 0.0697. The van der Waals surface area contributed by atoms with Gasteiger partial charge >= 0.3 is 5.97 Å². The number of rotatable bonds is 4. The van der Waals surface area contributed by atoms with Crippen molar-refractivity contribution in [3.05, 3.63) is 39.8 Å². The maximum absolute atomic E-state index is 11.0. The Hall–Kier alpha value is -1.00. The van der Waals surface area contributed by atoms with Crippen molar-refractivity contribution in [1.82, 2.24) is 0 Å². The maximum Gasteiger partial charge on any atom is 0.338 e. The number of anilines is 1. The highest BCUT2D eigenvalue weighted by molar-refractivity contribution is 9.10. The SMILES string of the molecule is C=C(Cl)CNc1cccc(Br)c1C(=O)O. The standard InChI is InChI=1S/C10H9BrClNO2/c1-6(12)5-13-8-4-2-3-7(11)9(8)10(14)15/h2-4,13H,1,5H2,(H,14,15). The van der Waals surface area contributed by atoms with E-state index >= 15 is 0 Å². The molecule has 0 saturated heterocycles. The summed E-state index contributed by atoms with van der Waals surface area (Å²) in [5.74, 6) is -0.995. The number of nitrogens with one attached hydrogen (secondary N) is 1. The number of benzene rings is 1. The van der Waals surface area contributed by atoms with Gasteiger partial charge in [-0.1, -0.05) is 24.2 Å². The molecule has 0 spiro atoms. The van der Waals surface area contributed by atoms with Crippen LogP contribution in [0.15, 0.2) is 34.3 Å². The minimum Gasteiger partial charge on any atom is -0.478 e. The van der Waals surface area contributed by atoms with E-state index in [4.69, 9.17) is 16.7 Å². The van der Waals surface area contributed by atoms with Gasteiger partial charge in [0.25, 0.3) is 0 Å². The lowest BCUT2D eigenvalue weighted by atomic mass is 10.2. The Bertz CT molecular complexity index is 406. The van der Waals surface area contributed by atoms with Gasteiger partial charge in [0.15, 0.2) is 0 Å². The normalized spacial score (nSPS) is 9.73. The summed E-state index contributed by atoms with van der Waals surface area (Å²) in [6.07, 6.45) is 0. The maximum atomic E-state index is 11.0. The van der Waals surface area contributed by atoms with E-state index in [1.54, 1.807) is 18.2 Å². The number of aromatic carboxylic acids is 1. The molecule has 1 aromatic rings. The molecule has 0 aliphatic rings. The van der Waals surface area contributed by atoms with E-state index in [-0.39, 0.29) is 5.56 Å². The van der Waals surface area contributed by atoms with Gasteiger partial charge in [0.2, 0.25) is 0 Å². The third-order valence-corrected chi connectivity index (χ3v) is 2.49. The fourth-order valence-electron chi connectivity index (χ4n) is 1.08. The first kappa shape index (κ1) is 12.1. The smallest absolute Gasteiger partial charge is 0.338 e. The minimum atomic E-state index is -0.995. The number of hydrogen-bond acceptors (Lipinski definition) is 2. The Balaban J connectivity index is 3.01. The first-order valence-electron chi connectivity index (χ1n) is 4.11. The highest BCUT2D eigenvalue weighted by Crippen LogP contribution is 2.24. The van der Waals surface area contributed by atoms with Crippen LogP contribution in [0.1, 0.15) is 10.4 Å². The summed E-state index contributed by atoms with van der Waals surface area (Å²) in [7, 11) is 0. The Morgan fingerprint density at radius 3 is 2.80 bits per heavy atom. The summed E-state index contributed by atoms with van der Waals surface area (Å²) in [6, 6.07) is 5.09. The molecule has 0 fully saturated rings. The zero-order chi connectivity index (χ0) is 11.4. The molecule has 2 N–H and O–H groups in total. The van der Waals surface area contributed by atoms with Gasteiger partial charge in [-0.05, 0) is 28.1 Å². The summed E-state index contributed by atoms with van der Waals surface area (Å²) < 4.78 is 0.528. The molecule has 1 aromatic carbocycles. The molecule has 0 atom stereocenters. The van der Waals surface area contributed by atoms with Crippen molar-refractivity contribution in [3.8, 4) is 0 Å². The number of hydrogen-bond donors (Lipinski definition) is 2. The second-order valence-electron chi connectivity index (χ2n) is 2.84. The molecular formula is C10H9BrClNO2. The molecule has 3 nitrogen and oxygen atoms in total. The van der Waals surface area contributed by atoms with Crippen LogP contribution in [-0.2, 0) is 0 Å². The molecule has 5 heteroatoms. The van der Waals surface area contributed by atoms with Crippen LogP contribution in [-0.4, -0.2) is 17.6 Å². The second kappa shape index (κ2) is 5.19. The van der Waals surface area contributed by atoms with E-state index < -0.39 is 5.97 Å². The summed E-state index contributed by atoms with van der Waals surface area (Å²) in [5.41, 5.74) is 0.703.